The van der Waals surface area contributed by atoms with Crippen LogP contribution < -0.4 is 5.32 Å². The fourth-order valence-electron chi connectivity index (χ4n) is 2.23. The van der Waals surface area contributed by atoms with Gasteiger partial charge in [0, 0.05) is 6.54 Å². The van der Waals surface area contributed by atoms with Crippen molar-refractivity contribution in [2.24, 2.45) is 5.41 Å². The first-order valence-corrected chi connectivity index (χ1v) is 6.50. The quantitative estimate of drug-likeness (QED) is 0.863. The van der Waals surface area contributed by atoms with Crippen LogP contribution in [0.4, 0.5) is 6.01 Å². The lowest BCUT2D eigenvalue weighted by atomic mass is 10.0. The number of hydrogen-bond acceptors (Lipinski definition) is 4. The zero-order valence-electron chi connectivity index (χ0n) is 10.8. The highest BCUT2D eigenvalue weighted by Crippen LogP contribution is 2.48. The molecule has 1 aliphatic rings. The molecule has 0 saturated heterocycles. The number of fused-ring (bicyclic) bond motifs is 1. The van der Waals surface area contributed by atoms with Crippen molar-refractivity contribution in [3.8, 4) is 0 Å². The lowest BCUT2D eigenvalue weighted by molar-refractivity contribution is 0.0697. The van der Waals surface area contributed by atoms with E-state index < -0.39 is 5.97 Å². The summed E-state index contributed by atoms with van der Waals surface area (Å²) in [5.74, 6) is -0.962. The molecule has 5 heteroatoms. The van der Waals surface area contributed by atoms with E-state index in [0.29, 0.717) is 22.5 Å². The summed E-state index contributed by atoms with van der Waals surface area (Å²) in [4.78, 5) is 15.2. The van der Waals surface area contributed by atoms with Crippen LogP contribution in [0.3, 0.4) is 0 Å². The van der Waals surface area contributed by atoms with Crippen LogP contribution in [0.25, 0.3) is 11.1 Å². The van der Waals surface area contributed by atoms with Gasteiger partial charge in [0.05, 0.1) is 5.56 Å². The van der Waals surface area contributed by atoms with E-state index in [1.807, 2.05) is 0 Å². The number of benzene rings is 1. The second-order valence-corrected chi connectivity index (χ2v) is 5.21. The first kappa shape index (κ1) is 12.0. The van der Waals surface area contributed by atoms with E-state index in [2.05, 4.69) is 17.2 Å². The number of carboxylic acid groups (broad SMARTS) is 1. The minimum absolute atomic E-state index is 0.211. The van der Waals surface area contributed by atoms with Crippen molar-refractivity contribution >= 4 is 23.1 Å². The van der Waals surface area contributed by atoms with Crippen molar-refractivity contribution in [2.75, 3.05) is 11.9 Å². The molecular weight excluding hydrogens is 244 g/mol. The average Bonchev–Trinajstić information content (AvgIpc) is 3.07. The highest BCUT2D eigenvalue weighted by atomic mass is 16.4. The number of nitrogens with one attached hydrogen (secondary N) is 1. The number of carboxylic acids is 1. The van der Waals surface area contributed by atoms with Gasteiger partial charge in [0.2, 0.25) is 0 Å². The summed E-state index contributed by atoms with van der Waals surface area (Å²) in [5.41, 5.74) is 1.80. The maximum atomic E-state index is 10.9. The predicted molar refractivity (Wildman–Crippen MR) is 71.4 cm³/mol. The van der Waals surface area contributed by atoms with Crippen molar-refractivity contribution in [3.05, 3.63) is 23.8 Å². The molecule has 2 N–H and O–H groups in total. The molecule has 1 aromatic heterocycles. The van der Waals surface area contributed by atoms with Gasteiger partial charge in [-0.2, -0.15) is 4.98 Å². The molecule has 1 fully saturated rings. The van der Waals surface area contributed by atoms with Gasteiger partial charge in [-0.1, -0.05) is 6.92 Å². The van der Waals surface area contributed by atoms with Crippen LogP contribution in [-0.2, 0) is 0 Å². The second-order valence-electron chi connectivity index (χ2n) is 5.21. The van der Waals surface area contributed by atoms with Crippen molar-refractivity contribution in [1.82, 2.24) is 4.98 Å². The molecule has 2 aromatic rings. The SMILES string of the molecule is CCC1(CNc2nc3ccc(C(=O)O)cc3o2)CC1. The Hall–Kier alpha value is -2.04. The number of aromatic carboxylic acids is 1. The van der Waals surface area contributed by atoms with Gasteiger partial charge < -0.3 is 14.8 Å². The van der Waals surface area contributed by atoms with E-state index in [9.17, 15) is 4.79 Å². The van der Waals surface area contributed by atoms with Crippen molar-refractivity contribution in [3.63, 3.8) is 0 Å². The van der Waals surface area contributed by atoms with E-state index in [4.69, 9.17) is 9.52 Å². The first-order chi connectivity index (χ1) is 9.12. The topological polar surface area (TPSA) is 75.4 Å². The third-order valence-electron chi connectivity index (χ3n) is 3.96. The van der Waals surface area contributed by atoms with Crippen LogP contribution in [-0.4, -0.2) is 22.6 Å². The Balaban J connectivity index is 1.79. The van der Waals surface area contributed by atoms with Gasteiger partial charge >= 0.3 is 5.97 Å². The molecule has 5 nitrogen and oxygen atoms in total. The minimum atomic E-state index is -0.962. The van der Waals surface area contributed by atoms with E-state index in [0.717, 1.165) is 13.0 Å². The number of nitrogens with zero attached hydrogens (tertiary/aromatic N) is 1. The molecule has 1 saturated carbocycles. The molecule has 19 heavy (non-hydrogen) atoms. The molecular formula is C14H16N2O3. The number of hydrogen-bond donors (Lipinski definition) is 2. The van der Waals surface area contributed by atoms with Crippen LogP contribution in [0.1, 0.15) is 36.5 Å². The number of oxazole rings is 1. The Bertz CT molecular complexity index is 629. The van der Waals surface area contributed by atoms with Gasteiger partial charge in [0.25, 0.3) is 6.01 Å². The minimum Gasteiger partial charge on any atom is -0.478 e. The average molecular weight is 260 g/mol. The van der Waals surface area contributed by atoms with E-state index >= 15 is 0 Å². The predicted octanol–water partition coefficient (Wildman–Crippen LogP) is 3.13. The third kappa shape index (κ3) is 2.28. The molecule has 0 radical (unpaired) electrons. The lowest BCUT2D eigenvalue weighted by Crippen LogP contribution is -2.14. The Morgan fingerprint density at radius 1 is 1.53 bits per heavy atom. The molecule has 0 atom stereocenters. The van der Waals surface area contributed by atoms with Crippen molar-refractivity contribution in [1.29, 1.82) is 0 Å². The van der Waals surface area contributed by atoms with Crippen LogP contribution in [0.15, 0.2) is 22.6 Å². The number of aromatic nitrogens is 1. The van der Waals surface area contributed by atoms with Gasteiger partial charge in [0.15, 0.2) is 5.58 Å². The molecule has 0 spiro atoms. The zero-order chi connectivity index (χ0) is 13.5. The van der Waals surface area contributed by atoms with Crippen LogP contribution in [0, 0.1) is 5.41 Å². The molecule has 100 valence electrons. The fraction of sp³-hybridized carbons (Fsp3) is 0.429. The number of anilines is 1. The summed E-state index contributed by atoms with van der Waals surface area (Å²) in [5, 5.41) is 12.1. The van der Waals surface area contributed by atoms with E-state index in [-0.39, 0.29) is 5.56 Å². The molecule has 0 amide bonds. The molecule has 1 aromatic carbocycles. The lowest BCUT2D eigenvalue weighted by Gasteiger charge is -2.11. The Kier molecular flexibility index (Phi) is 2.69. The van der Waals surface area contributed by atoms with Crippen LogP contribution in [0.5, 0.6) is 0 Å². The molecule has 1 heterocycles. The summed E-state index contributed by atoms with van der Waals surface area (Å²) < 4.78 is 5.54. The largest absolute Gasteiger partial charge is 0.478 e. The third-order valence-corrected chi connectivity index (χ3v) is 3.96. The maximum Gasteiger partial charge on any atom is 0.335 e. The van der Waals surface area contributed by atoms with Crippen LogP contribution in [0.2, 0.25) is 0 Å². The Labute approximate surface area is 110 Å². The normalized spacial score (nSPS) is 16.5. The number of rotatable bonds is 5. The summed E-state index contributed by atoms with van der Waals surface area (Å²) in [6, 6.07) is 5.17. The van der Waals surface area contributed by atoms with Gasteiger partial charge in [-0.3, -0.25) is 0 Å². The van der Waals surface area contributed by atoms with Gasteiger partial charge in [-0.25, -0.2) is 4.79 Å². The Morgan fingerprint density at radius 3 is 2.95 bits per heavy atom. The standard InChI is InChI=1S/C14H16N2O3/c1-2-14(5-6-14)8-15-13-16-10-4-3-9(12(17)18)7-11(10)19-13/h3-4,7H,2,5-6,8H2,1H3,(H,15,16)(H,17,18). The zero-order valence-corrected chi connectivity index (χ0v) is 10.8. The van der Waals surface area contributed by atoms with Gasteiger partial charge in [-0.15, -0.1) is 0 Å². The fourth-order valence-corrected chi connectivity index (χ4v) is 2.23. The highest BCUT2D eigenvalue weighted by Gasteiger charge is 2.40. The second kappa shape index (κ2) is 4.26. The maximum absolute atomic E-state index is 10.9. The first-order valence-electron chi connectivity index (χ1n) is 6.50. The molecule has 0 bridgehead atoms. The van der Waals surface area contributed by atoms with Gasteiger partial charge in [-0.05, 0) is 42.9 Å². The monoisotopic (exact) mass is 260 g/mol. The Morgan fingerprint density at radius 2 is 2.32 bits per heavy atom. The van der Waals surface area contributed by atoms with E-state index in [1.54, 1.807) is 6.07 Å². The number of carbonyl (C=O) groups is 1. The summed E-state index contributed by atoms with van der Waals surface area (Å²) in [7, 11) is 0. The molecule has 0 aliphatic heterocycles. The van der Waals surface area contributed by atoms with Crippen LogP contribution >= 0.6 is 0 Å². The molecule has 3 rings (SSSR count). The van der Waals surface area contributed by atoms with Crippen molar-refractivity contribution in [2.45, 2.75) is 26.2 Å². The smallest absolute Gasteiger partial charge is 0.335 e. The summed E-state index contributed by atoms with van der Waals surface area (Å²) in [6.45, 7) is 3.06. The summed E-state index contributed by atoms with van der Waals surface area (Å²) in [6.07, 6.45) is 3.66. The van der Waals surface area contributed by atoms with Gasteiger partial charge in [0.1, 0.15) is 5.52 Å². The molecule has 0 unspecified atom stereocenters. The summed E-state index contributed by atoms with van der Waals surface area (Å²) >= 11 is 0. The van der Waals surface area contributed by atoms with Crippen molar-refractivity contribution < 1.29 is 14.3 Å². The molecule has 1 aliphatic carbocycles. The van der Waals surface area contributed by atoms with E-state index in [1.165, 1.54) is 25.0 Å². The highest BCUT2D eigenvalue weighted by molar-refractivity contribution is 5.92.